The summed E-state index contributed by atoms with van der Waals surface area (Å²) in [5, 5.41) is 10.1. The van der Waals surface area contributed by atoms with E-state index >= 15 is 0 Å². The monoisotopic (exact) mass is 595 g/mol. The first-order chi connectivity index (χ1) is 18.2. The molecule has 2 heterocycles. The molecule has 212 valence electrons. The third-order valence-electron chi connectivity index (χ3n) is 7.54. The first-order valence-electron chi connectivity index (χ1n) is 12.9. The molecule has 0 aliphatic carbocycles. The third kappa shape index (κ3) is 6.46. The summed E-state index contributed by atoms with van der Waals surface area (Å²) < 4.78 is 40.7. The Morgan fingerprint density at radius 3 is 2.46 bits per heavy atom. The van der Waals surface area contributed by atoms with Crippen molar-refractivity contribution in [2.24, 2.45) is 11.8 Å². The molecule has 4 rings (SSSR count). The minimum absolute atomic E-state index is 0.0385. The molecule has 39 heavy (non-hydrogen) atoms. The molecule has 0 unspecified atom stereocenters. The van der Waals surface area contributed by atoms with Crippen LogP contribution in [0.3, 0.4) is 0 Å². The number of halogens is 2. The fraction of sp³-hybridized carbons (Fsp3) is 0.483. The van der Waals surface area contributed by atoms with Gasteiger partial charge in [0.1, 0.15) is 5.75 Å². The summed E-state index contributed by atoms with van der Waals surface area (Å²) in [7, 11) is -3.68. The van der Waals surface area contributed by atoms with Crippen molar-refractivity contribution in [3.05, 3.63) is 69.7 Å². The Hall–Kier alpha value is -2.10. The van der Waals surface area contributed by atoms with Gasteiger partial charge in [0.2, 0.25) is 10.0 Å². The second kappa shape index (κ2) is 11.4. The lowest BCUT2D eigenvalue weighted by Gasteiger charge is -2.47. The Bertz CT molecular complexity index is 1350. The van der Waals surface area contributed by atoms with E-state index in [1.165, 1.54) is 16.4 Å². The van der Waals surface area contributed by atoms with Crippen LogP contribution in [0.1, 0.15) is 57.8 Å². The van der Waals surface area contributed by atoms with Crippen LogP contribution in [-0.2, 0) is 25.0 Å². The van der Waals surface area contributed by atoms with Gasteiger partial charge in [-0.2, -0.15) is 4.31 Å². The standard InChI is InChI=1S/C29H35Cl2NO6S/c1-17(2)22-12-18-15-32(39(35,36)21-8-6-20(30)7-9-21)11-10-25(18)38-27(22)23-13-19(29(3,4)5)14-24(31)28(23)37-16-26(33)34/h6-9,13-14,18,22,25,27H,1,10-12,15-16H2,2-5H3,(H,33,34)/t18-,22-,25+,27+/m1/s1. The van der Waals surface area contributed by atoms with Gasteiger partial charge in [0.05, 0.1) is 22.1 Å². The quantitative estimate of drug-likeness (QED) is 0.368. The molecule has 2 aliphatic rings. The molecule has 0 amide bonds. The number of carboxylic acids is 1. The molecule has 0 bridgehead atoms. The number of sulfonamides is 1. The smallest absolute Gasteiger partial charge is 0.341 e. The lowest BCUT2D eigenvalue weighted by Crippen LogP contribution is -2.50. The van der Waals surface area contributed by atoms with Gasteiger partial charge in [-0.3, -0.25) is 0 Å². The zero-order valence-electron chi connectivity index (χ0n) is 22.6. The number of fused-ring (bicyclic) bond motifs is 1. The van der Waals surface area contributed by atoms with Crippen molar-refractivity contribution in [3.63, 3.8) is 0 Å². The summed E-state index contributed by atoms with van der Waals surface area (Å²) in [6.45, 7) is 12.5. The van der Waals surface area contributed by atoms with Gasteiger partial charge in [-0.15, -0.1) is 0 Å². The van der Waals surface area contributed by atoms with Gasteiger partial charge in [0.15, 0.2) is 6.61 Å². The number of aliphatic carboxylic acids is 1. The Morgan fingerprint density at radius 1 is 1.21 bits per heavy atom. The molecular weight excluding hydrogens is 561 g/mol. The molecule has 0 spiro atoms. The van der Waals surface area contributed by atoms with Crippen LogP contribution in [0.5, 0.6) is 5.75 Å². The van der Waals surface area contributed by atoms with Gasteiger partial charge in [-0.25, -0.2) is 13.2 Å². The molecule has 2 fully saturated rings. The van der Waals surface area contributed by atoms with E-state index in [2.05, 4.69) is 27.4 Å². The minimum Gasteiger partial charge on any atom is -0.480 e. The summed E-state index contributed by atoms with van der Waals surface area (Å²) in [6.07, 6.45) is 0.528. The van der Waals surface area contributed by atoms with Crippen molar-refractivity contribution in [2.45, 2.75) is 63.1 Å². The zero-order chi connectivity index (χ0) is 28.7. The van der Waals surface area contributed by atoms with E-state index in [1.54, 1.807) is 12.1 Å². The predicted octanol–water partition coefficient (Wildman–Crippen LogP) is 6.49. The predicted molar refractivity (Wildman–Crippen MR) is 152 cm³/mol. The van der Waals surface area contributed by atoms with Crippen LogP contribution in [0.25, 0.3) is 0 Å². The van der Waals surface area contributed by atoms with Gasteiger partial charge in [-0.05, 0) is 73.1 Å². The van der Waals surface area contributed by atoms with Crippen LogP contribution >= 0.6 is 23.2 Å². The van der Waals surface area contributed by atoms with E-state index < -0.39 is 28.7 Å². The van der Waals surface area contributed by atoms with E-state index in [9.17, 15) is 18.3 Å². The average Bonchev–Trinajstić information content (AvgIpc) is 2.86. The SMILES string of the molecule is C=C(C)[C@H]1C[C@@H]2CN(S(=O)(=O)c3ccc(Cl)cc3)CC[C@@H]2O[C@@H]1c1cc(C(C)(C)C)cc(Cl)c1OCC(=O)O. The molecule has 0 saturated carbocycles. The Morgan fingerprint density at radius 2 is 1.87 bits per heavy atom. The summed E-state index contributed by atoms with van der Waals surface area (Å²) >= 11 is 12.6. The highest BCUT2D eigenvalue weighted by atomic mass is 35.5. The van der Waals surface area contributed by atoms with Crippen molar-refractivity contribution in [1.82, 2.24) is 4.31 Å². The zero-order valence-corrected chi connectivity index (χ0v) is 24.9. The molecule has 2 aliphatic heterocycles. The third-order valence-corrected chi connectivity index (χ3v) is 9.95. The van der Waals surface area contributed by atoms with E-state index in [0.717, 1.165) is 11.1 Å². The number of hydrogen-bond acceptors (Lipinski definition) is 5. The number of ether oxygens (including phenoxy) is 2. The number of nitrogens with zero attached hydrogens (tertiary/aromatic N) is 1. The Labute approximate surface area is 240 Å². The molecule has 10 heteroatoms. The van der Waals surface area contributed by atoms with Crippen LogP contribution in [-0.4, -0.2) is 49.6 Å². The number of carboxylic acid groups (broad SMARTS) is 1. The van der Waals surface area contributed by atoms with Gasteiger partial charge >= 0.3 is 5.97 Å². The molecule has 2 aromatic carbocycles. The normalized spacial score (nSPS) is 24.2. The number of carbonyl (C=O) groups is 1. The second-order valence-corrected chi connectivity index (χ2v) is 14.2. The summed E-state index contributed by atoms with van der Waals surface area (Å²) in [5.74, 6) is -0.997. The van der Waals surface area contributed by atoms with Crippen molar-refractivity contribution in [2.75, 3.05) is 19.7 Å². The molecule has 4 atom stereocenters. The van der Waals surface area contributed by atoms with Crippen molar-refractivity contribution >= 4 is 39.2 Å². The van der Waals surface area contributed by atoms with Crippen molar-refractivity contribution in [3.8, 4) is 5.75 Å². The van der Waals surface area contributed by atoms with Gasteiger partial charge in [0.25, 0.3) is 0 Å². The van der Waals surface area contributed by atoms with Crippen molar-refractivity contribution < 1.29 is 27.8 Å². The van der Waals surface area contributed by atoms with Crippen LogP contribution in [0.4, 0.5) is 0 Å². The maximum atomic E-state index is 13.4. The lowest BCUT2D eigenvalue weighted by molar-refractivity contribution is -0.139. The molecule has 2 aromatic rings. The molecule has 2 saturated heterocycles. The highest BCUT2D eigenvalue weighted by molar-refractivity contribution is 7.89. The summed E-state index contributed by atoms with van der Waals surface area (Å²) in [5.41, 5.74) is 2.33. The first kappa shape index (κ1) is 29.9. The topological polar surface area (TPSA) is 93.1 Å². The van der Waals surface area contributed by atoms with Crippen molar-refractivity contribution in [1.29, 1.82) is 0 Å². The molecule has 7 nitrogen and oxygen atoms in total. The highest BCUT2D eigenvalue weighted by Gasteiger charge is 2.45. The van der Waals surface area contributed by atoms with E-state index in [1.807, 2.05) is 19.1 Å². The lowest BCUT2D eigenvalue weighted by atomic mass is 9.75. The molecule has 1 N–H and O–H groups in total. The van der Waals surface area contributed by atoms with Crippen LogP contribution in [0, 0.1) is 11.8 Å². The Kier molecular flexibility index (Phi) is 8.74. The largest absolute Gasteiger partial charge is 0.480 e. The first-order valence-corrected chi connectivity index (χ1v) is 15.1. The number of rotatable bonds is 7. The van der Waals surface area contributed by atoms with Crippen LogP contribution in [0.15, 0.2) is 53.4 Å². The minimum atomic E-state index is -3.68. The molecular formula is C29H35Cl2NO6S. The fourth-order valence-electron chi connectivity index (χ4n) is 5.38. The number of benzene rings is 2. The van der Waals surface area contributed by atoms with Gasteiger partial charge in [-0.1, -0.05) is 56.1 Å². The molecule has 0 aromatic heterocycles. The Balaban J connectivity index is 1.66. The van der Waals surface area contributed by atoms with E-state index in [-0.39, 0.29) is 28.3 Å². The van der Waals surface area contributed by atoms with Crippen LogP contribution in [0.2, 0.25) is 10.0 Å². The molecule has 0 radical (unpaired) electrons. The maximum Gasteiger partial charge on any atom is 0.341 e. The summed E-state index contributed by atoms with van der Waals surface area (Å²) in [4.78, 5) is 11.5. The average molecular weight is 597 g/mol. The van der Waals surface area contributed by atoms with Crippen LogP contribution < -0.4 is 4.74 Å². The highest BCUT2D eigenvalue weighted by Crippen LogP contribution is 2.49. The summed E-state index contributed by atoms with van der Waals surface area (Å²) in [6, 6.07) is 10.0. The maximum absolute atomic E-state index is 13.4. The van der Waals surface area contributed by atoms with E-state index in [4.69, 9.17) is 32.7 Å². The van der Waals surface area contributed by atoms with Gasteiger partial charge < -0.3 is 14.6 Å². The number of hydrogen-bond donors (Lipinski definition) is 1. The number of piperidine rings is 1. The van der Waals surface area contributed by atoms with E-state index in [0.29, 0.717) is 47.3 Å². The second-order valence-electron chi connectivity index (χ2n) is 11.5. The van der Waals surface area contributed by atoms with Gasteiger partial charge in [0, 0.05) is 29.6 Å². The fourth-order valence-corrected chi connectivity index (χ4v) is 7.30.